The number of aldehydes is 1. The van der Waals surface area contributed by atoms with Crippen LogP contribution in [0, 0.1) is 0 Å². The number of aromatic nitrogens is 2. The van der Waals surface area contributed by atoms with Crippen LogP contribution >= 0.6 is 0 Å². The van der Waals surface area contributed by atoms with Gasteiger partial charge in [-0.05, 0) is 35.0 Å². The molecular formula is C22H17N5O6. The van der Waals surface area contributed by atoms with Gasteiger partial charge in [0.15, 0.2) is 12.1 Å². The standard InChI is InChI=1S/C22H17N5O6/c23-19(29)18-20(26-17(25-18)9-14-5-6-16(33-14)21(30)31)27(22(24)32)15-8-12-4-2-1-3-11(12)7-13(15)10-28/h1-8,10H,9H2,(H2,23,29)(H2,24,32)(H,25,26)(H,30,31). The number of imidazole rings is 1. The van der Waals surface area contributed by atoms with Gasteiger partial charge in [-0.1, -0.05) is 24.3 Å². The van der Waals surface area contributed by atoms with Gasteiger partial charge in [-0.25, -0.2) is 19.5 Å². The molecule has 0 radical (unpaired) electrons. The molecule has 0 saturated carbocycles. The van der Waals surface area contributed by atoms with Crippen LogP contribution in [0.5, 0.6) is 0 Å². The number of carbonyl (C=O) groups excluding carboxylic acids is 3. The van der Waals surface area contributed by atoms with Crippen molar-refractivity contribution in [2.24, 2.45) is 11.5 Å². The summed E-state index contributed by atoms with van der Waals surface area (Å²) < 4.78 is 5.21. The summed E-state index contributed by atoms with van der Waals surface area (Å²) in [5, 5.41) is 10.5. The Hall–Kier alpha value is -4.93. The third kappa shape index (κ3) is 4.02. The van der Waals surface area contributed by atoms with E-state index in [4.69, 9.17) is 21.0 Å². The Balaban J connectivity index is 1.83. The highest BCUT2D eigenvalue weighted by atomic mass is 16.4. The summed E-state index contributed by atoms with van der Waals surface area (Å²) in [5.74, 6) is -2.23. The monoisotopic (exact) mass is 447 g/mol. The largest absolute Gasteiger partial charge is 0.475 e. The van der Waals surface area contributed by atoms with Gasteiger partial charge in [-0.3, -0.25) is 9.59 Å². The molecule has 0 spiro atoms. The lowest BCUT2D eigenvalue weighted by Gasteiger charge is -2.21. The number of fused-ring (bicyclic) bond motifs is 1. The number of nitrogens with zero attached hydrogens (tertiary/aromatic N) is 2. The quantitative estimate of drug-likeness (QED) is 0.313. The van der Waals surface area contributed by atoms with E-state index in [1.165, 1.54) is 12.1 Å². The SMILES string of the molecule is NC(=O)c1[nH]c(Cc2ccc(C(=O)O)o2)nc1N(C(N)=O)c1cc2ccccc2cc1C=O. The van der Waals surface area contributed by atoms with E-state index in [2.05, 4.69) is 9.97 Å². The molecule has 6 N–H and O–H groups in total. The smallest absolute Gasteiger partial charge is 0.371 e. The predicted octanol–water partition coefficient (Wildman–Crippen LogP) is 2.57. The Labute approximate surface area is 185 Å². The summed E-state index contributed by atoms with van der Waals surface area (Å²) in [6.45, 7) is 0. The van der Waals surface area contributed by atoms with Gasteiger partial charge in [0.2, 0.25) is 5.76 Å². The van der Waals surface area contributed by atoms with Crippen LogP contribution in [0.1, 0.15) is 43.0 Å². The molecule has 33 heavy (non-hydrogen) atoms. The molecule has 0 saturated heterocycles. The lowest BCUT2D eigenvalue weighted by Crippen LogP contribution is -2.34. The number of primary amides is 2. The molecule has 4 rings (SSSR count). The molecule has 11 nitrogen and oxygen atoms in total. The lowest BCUT2D eigenvalue weighted by atomic mass is 10.0. The van der Waals surface area contributed by atoms with Crippen molar-refractivity contribution in [2.75, 3.05) is 4.90 Å². The summed E-state index contributed by atoms with van der Waals surface area (Å²) >= 11 is 0. The number of hydrogen-bond acceptors (Lipinski definition) is 6. The molecule has 0 fully saturated rings. The highest BCUT2D eigenvalue weighted by Gasteiger charge is 2.28. The maximum Gasteiger partial charge on any atom is 0.371 e. The van der Waals surface area contributed by atoms with Gasteiger partial charge in [0.25, 0.3) is 5.91 Å². The Bertz CT molecular complexity index is 1420. The zero-order valence-corrected chi connectivity index (χ0v) is 16.9. The Morgan fingerprint density at radius 3 is 2.36 bits per heavy atom. The number of nitrogens with one attached hydrogen (secondary N) is 1. The molecular weight excluding hydrogens is 430 g/mol. The van der Waals surface area contributed by atoms with Gasteiger partial charge in [0, 0.05) is 5.56 Å². The fourth-order valence-electron chi connectivity index (χ4n) is 3.45. The van der Waals surface area contributed by atoms with Gasteiger partial charge in [0.05, 0.1) is 12.1 Å². The molecule has 166 valence electrons. The van der Waals surface area contributed by atoms with Gasteiger partial charge < -0.3 is 26.0 Å². The summed E-state index contributed by atoms with van der Waals surface area (Å²) in [7, 11) is 0. The molecule has 4 aromatic rings. The molecule has 0 aliphatic heterocycles. The van der Waals surface area contributed by atoms with Crippen LogP contribution < -0.4 is 16.4 Å². The number of rotatable bonds is 7. The number of benzene rings is 2. The van der Waals surface area contributed by atoms with Gasteiger partial charge >= 0.3 is 12.0 Å². The first-order chi connectivity index (χ1) is 15.8. The minimum absolute atomic E-state index is 0.0293. The topological polar surface area (TPSA) is 186 Å². The minimum Gasteiger partial charge on any atom is -0.475 e. The normalized spacial score (nSPS) is 10.8. The van der Waals surface area contributed by atoms with E-state index in [1.807, 2.05) is 0 Å². The Morgan fingerprint density at radius 1 is 1.09 bits per heavy atom. The fourth-order valence-corrected chi connectivity index (χ4v) is 3.45. The number of hydrogen-bond donors (Lipinski definition) is 4. The maximum absolute atomic E-state index is 12.5. The number of nitrogens with two attached hydrogens (primary N) is 2. The van der Waals surface area contributed by atoms with Crippen molar-refractivity contribution in [1.82, 2.24) is 9.97 Å². The van der Waals surface area contributed by atoms with Crippen LogP contribution in [0.15, 0.2) is 52.9 Å². The van der Waals surface area contributed by atoms with E-state index in [0.717, 1.165) is 15.7 Å². The van der Waals surface area contributed by atoms with Crippen LogP contribution in [0.3, 0.4) is 0 Å². The van der Waals surface area contributed by atoms with Crippen molar-refractivity contribution in [3.8, 4) is 0 Å². The van der Waals surface area contributed by atoms with E-state index in [9.17, 15) is 19.2 Å². The van der Waals surface area contributed by atoms with Crippen molar-refractivity contribution in [3.05, 3.63) is 77.1 Å². The molecule has 0 aliphatic rings. The number of carboxylic acids is 1. The maximum atomic E-state index is 12.5. The second-order valence-corrected chi connectivity index (χ2v) is 7.04. The van der Waals surface area contributed by atoms with E-state index < -0.39 is 17.9 Å². The number of amides is 3. The van der Waals surface area contributed by atoms with Crippen molar-refractivity contribution >= 4 is 46.5 Å². The van der Waals surface area contributed by atoms with Crippen LogP contribution in [0.25, 0.3) is 10.8 Å². The van der Waals surface area contributed by atoms with E-state index in [-0.39, 0.29) is 46.5 Å². The van der Waals surface area contributed by atoms with Gasteiger partial charge in [-0.15, -0.1) is 0 Å². The van der Waals surface area contributed by atoms with Crippen molar-refractivity contribution in [3.63, 3.8) is 0 Å². The van der Waals surface area contributed by atoms with Crippen molar-refractivity contribution in [2.45, 2.75) is 6.42 Å². The number of H-pyrrole nitrogens is 1. The second kappa shape index (κ2) is 8.30. The number of aromatic carboxylic acids is 1. The summed E-state index contributed by atoms with van der Waals surface area (Å²) in [6.07, 6.45) is 0.532. The molecule has 3 amide bonds. The first-order valence-electron chi connectivity index (χ1n) is 9.56. The zero-order valence-electron chi connectivity index (χ0n) is 16.9. The first-order valence-corrected chi connectivity index (χ1v) is 9.56. The molecule has 2 heterocycles. The molecule has 0 atom stereocenters. The first kappa shape index (κ1) is 21.3. The van der Waals surface area contributed by atoms with Gasteiger partial charge in [0.1, 0.15) is 17.3 Å². The summed E-state index contributed by atoms with van der Waals surface area (Å²) in [6, 6.07) is 12.1. The average Bonchev–Trinajstić information content (AvgIpc) is 3.41. The van der Waals surface area contributed by atoms with E-state index in [1.54, 1.807) is 36.4 Å². The molecule has 11 heteroatoms. The van der Waals surface area contributed by atoms with Crippen molar-refractivity contribution in [1.29, 1.82) is 0 Å². The highest BCUT2D eigenvalue weighted by molar-refractivity contribution is 6.09. The van der Waals surface area contributed by atoms with Crippen LogP contribution in [0.4, 0.5) is 16.3 Å². The number of aromatic amines is 1. The zero-order chi connectivity index (χ0) is 23.7. The number of furan rings is 1. The van der Waals surface area contributed by atoms with Crippen LogP contribution in [0.2, 0.25) is 0 Å². The molecule has 0 unspecified atom stereocenters. The average molecular weight is 447 g/mol. The predicted molar refractivity (Wildman–Crippen MR) is 117 cm³/mol. The summed E-state index contributed by atoms with van der Waals surface area (Å²) in [5.41, 5.74) is 11.1. The molecule has 0 bridgehead atoms. The van der Waals surface area contributed by atoms with Crippen LogP contribution in [-0.4, -0.2) is 39.3 Å². The Morgan fingerprint density at radius 2 is 1.79 bits per heavy atom. The van der Waals surface area contributed by atoms with E-state index >= 15 is 0 Å². The highest BCUT2D eigenvalue weighted by Crippen LogP contribution is 2.33. The lowest BCUT2D eigenvalue weighted by molar-refractivity contribution is 0.0660. The van der Waals surface area contributed by atoms with E-state index in [0.29, 0.717) is 6.29 Å². The number of urea groups is 1. The summed E-state index contributed by atoms with van der Waals surface area (Å²) in [4.78, 5) is 55.3. The molecule has 2 aromatic heterocycles. The fraction of sp³-hybridized carbons (Fsp3) is 0.0455. The third-order valence-corrected chi connectivity index (χ3v) is 4.89. The van der Waals surface area contributed by atoms with Crippen molar-refractivity contribution < 1.29 is 28.7 Å². The van der Waals surface area contributed by atoms with Gasteiger partial charge in [-0.2, -0.15) is 0 Å². The third-order valence-electron chi connectivity index (χ3n) is 4.89. The minimum atomic E-state index is -1.24. The molecule has 2 aromatic carbocycles. The number of carbonyl (C=O) groups is 4. The second-order valence-electron chi connectivity index (χ2n) is 7.04. The number of anilines is 2. The van der Waals surface area contributed by atoms with Crippen LogP contribution in [-0.2, 0) is 6.42 Å². The molecule has 0 aliphatic carbocycles. The Kier molecular flexibility index (Phi) is 5.36. The number of carboxylic acid groups (broad SMARTS) is 1.